The first-order chi connectivity index (χ1) is 9.79. The summed E-state index contributed by atoms with van der Waals surface area (Å²) in [6.45, 7) is 13.5. The van der Waals surface area contributed by atoms with E-state index in [-0.39, 0.29) is 56.4 Å². The summed E-state index contributed by atoms with van der Waals surface area (Å²) in [5.74, 6) is 0. The molecule has 1 aromatic heterocycles. The Morgan fingerprint density at radius 3 is 2.17 bits per heavy atom. The Balaban J connectivity index is 0.00000176. The van der Waals surface area contributed by atoms with Crippen molar-refractivity contribution in [1.29, 1.82) is 0 Å². The molecule has 1 heterocycles. The predicted molar refractivity (Wildman–Crippen MR) is 93.0 cm³/mol. The van der Waals surface area contributed by atoms with E-state index in [4.69, 9.17) is 0 Å². The van der Waals surface area contributed by atoms with E-state index >= 15 is 0 Å². The number of nitrogens with one attached hydrogen (secondary N) is 1. The summed E-state index contributed by atoms with van der Waals surface area (Å²) in [5, 5.41) is 0. The Kier molecular flexibility index (Phi) is 8.29. The van der Waals surface area contributed by atoms with Crippen molar-refractivity contribution >= 4 is 17.2 Å². The molecule has 0 spiro atoms. The second-order valence-electron chi connectivity index (χ2n) is 7.44. The summed E-state index contributed by atoms with van der Waals surface area (Å²) in [7, 11) is 0. The van der Waals surface area contributed by atoms with Crippen molar-refractivity contribution < 1.29 is 51.0 Å². The number of rotatable bonds is 1. The summed E-state index contributed by atoms with van der Waals surface area (Å²) in [5.41, 5.74) is 11.3. The zero-order valence-electron chi connectivity index (χ0n) is 15.3. The van der Waals surface area contributed by atoms with Gasteiger partial charge in [-0.25, -0.2) is 0 Å². The molecule has 0 aromatic carbocycles. The summed E-state index contributed by atoms with van der Waals surface area (Å²) in [6.07, 6.45) is 10.3. The molecule has 0 saturated heterocycles. The van der Waals surface area contributed by atoms with Crippen LogP contribution >= 0.6 is 0 Å². The maximum absolute atomic E-state index is 3.56. The fourth-order valence-electron chi connectivity index (χ4n) is 3.34. The van der Waals surface area contributed by atoms with Crippen molar-refractivity contribution in [3.8, 4) is 0 Å². The van der Waals surface area contributed by atoms with Crippen LogP contribution in [0, 0.1) is 12.3 Å². The number of allylic oxidation sites excluding steroid dienone is 7. The third kappa shape index (κ3) is 4.09. The molecule has 0 radical (unpaired) electrons. The van der Waals surface area contributed by atoms with Gasteiger partial charge < -0.3 is 29.8 Å². The first kappa shape index (κ1) is 23.7. The van der Waals surface area contributed by atoms with Gasteiger partial charge in [-0.05, 0) is 55.4 Å². The fourth-order valence-corrected chi connectivity index (χ4v) is 3.34. The molecular formula is C20H25Cl2NZr. The number of aromatic nitrogens is 1. The van der Waals surface area contributed by atoms with E-state index in [9.17, 15) is 0 Å². The summed E-state index contributed by atoms with van der Waals surface area (Å²) >= 11 is 0. The van der Waals surface area contributed by atoms with Crippen LogP contribution in [0.4, 0.5) is 0 Å². The topological polar surface area (TPSA) is 15.8 Å². The zero-order valence-corrected chi connectivity index (χ0v) is 19.2. The van der Waals surface area contributed by atoms with E-state index in [1.54, 1.807) is 0 Å². The van der Waals surface area contributed by atoms with Gasteiger partial charge in [0.25, 0.3) is 0 Å². The van der Waals surface area contributed by atoms with Gasteiger partial charge in [0, 0.05) is 22.5 Å². The number of hydrogen-bond donors (Lipinski definition) is 1. The molecule has 0 atom stereocenters. The molecule has 1 nitrogen and oxygen atoms in total. The Morgan fingerprint density at radius 2 is 1.67 bits per heavy atom. The number of fused-ring (bicyclic) bond motifs is 1. The van der Waals surface area contributed by atoms with Gasteiger partial charge in [0.2, 0.25) is 0 Å². The van der Waals surface area contributed by atoms with Gasteiger partial charge in [0.05, 0.1) is 0 Å². The van der Waals surface area contributed by atoms with Crippen LogP contribution in [-0.4, -0.2) is 4.98 Å². The van der Waals surface area contributed by atoms with Gasteiger partial charge in [0.15, 0.2) is 0 Å². The standard InChI is InChI=1S/C20H25N.2ClH.Zr/c1-12(2)16-9-10-17-19(16)18(13(3)21-17)14-7-8-15(11-14)20(4,5)6;;;/h8-11,21H,7H2,1-6H3;2*1H;/q;;;+2/p-2. The van der Waals surface area contributed by atoms with Crippen LogP contribution in [-0.2, 0) is 26.2 Å². The first-order valence-electron chi connectivity index (χ1n) is 7.79. The van der Waals surface area contributed by atoms with E-state index < -0.39 is 0 Å². The fraction of sp³-hybridized carbons (Fsp3) is 0.400. The van der Waals surface area contributed by atoms with E-state index in [0.29, 0.717) is 0 Å². The number of H-pyrrole nitrogens is 1. The second-order valence-corrected chi connectivity index (χ2v) is 7.44. The quantitative estimate of drug-likeness (QED) is 0.627. The molecule has 0 amide bonds. The molecule has 0 fully saturated rings. The van der Waals surface area contributed by atoms with Crippen molar-refractivity contribution in [2.75, 3.05) is 0 Å². The molecule has 2 aliphatic carbocycles. The van der Waals surface area contributed by atoms with Crippen molar-refractivity contribution in [1.82, 2.24) is 4.98 Å². The Hall–Kier alpha value is -0.297. The van der Waals surface area contributed by atoms with Crippen LogP contribution in [0.5, 0.6) is 0 Å². The van der Waals surface area contributed by atoms with E-state index in [0.717, 1.165) is 6.42 Å². The van der Waals surface area contributed by atoms with Gasteiger partial charge in [-0.3, -0.25) is 0 Å². The molecule has 2 aliphatic rings. The summed E-state index contributed by atoms with van der Waals surface area (Å²) in [4.78, 5) is 3.56. The van der Waals surface area contributed by atoms with Gasteiger partial charge in [0.1, 0.15) is 0 Å². The van der Waals surface area contributed by atoms with Crippen molar-refractivity contribution in [3.05, 3.63) is 51.9 Å². The summed E-state index contributed by atoms with van der Waals surface area (Å²) in [6, 6.07) is 0. The molecule has 4 heteroatoms. The largest absolute Gasteiger partial charge is 2.00 e. The first-order valence-corrected chi connectivity index (χ1v) is 7.79. The number of aromatic amines is 1. The number of aryl methyl sites for hydroxylation is 1. The van der Waals surface area contributed by atoms with Gasteiger partial charge >= 0.3 is 26.2 Å². The Morgan fingerprint density at radius 1 is 1.04 bits per heavy atom. The van der Waals surface area contributed by atoms with Crippen molar-refractivity contribution in [2.45, 2.75) is 48.0 Å². The van der Waals surface area contributed by atoms with Crippen molar-refractivity contribution in [2.24, 2.45) is 5.41 Å². The third-order valence-corrected chi connectivity index (χ3v) is 4.50. The minimum atomic E-state index is 0. The minimum absolute atomic E-state index is 0. The maximum Gasteiger partial charge on any atom is 2.00 e. The molecule has 0 bridgehead atoms. The minimum Gasteiger partial charge on any atom is -1.00 e. The monoisotopic (exact) mass is 439 g/mol. The van der Waals surface area contributed by atoms with Gasteiger partial charge in [-0.2, -0.15) is 0 Å². The molecule has 128 valence electrons. The van der Waals surface area contributed by atoms with E-state index in [2.05, 4.69) is 70.8 Å². The second kappa shape index (κ2) is 8.39. The third-order valence-electron chi connectivity index (χ3n) is 4.50. The summed E-state index contributed by atoms with van der Waals surface area (Å²) < 4.78 is 0. The molecule has 1 N–H and O–H groups in total. The smallest absolute Gasteiger partial charge is 1.00 e. The van der Waals surface area contributed by atoms with Crippen LogP contribution in [0.2, 0.25) is 0 Å². The molecule has 24 heavy (non-hydrogen) atoms. The van der Waals surface area contributed by atoms with Crippen LogP contribution in [0.3, 0.4) is 0 Å². The molecule has 0 saturated carbocycles. The normalized spacial score (nSPS) is 15.0. The molecule has 3 rings (SSSR count). The van der Waals surface area contributed by atoms with E-state index in [1.807, 2.05) is 0 Å². The predicted octanol–water partition coefficient (Wildman–Crippen LogP) is -0.0916. The van der Waals surface area contributed by atoms with Gasteiger partial charge in [-0.1, -0.05) is 44.6 Å². The van der Waals surface area contributed by atoms with Crippen LogP contribution < -0.4 is 24.8 Å². The van der Waals surface area contributed by atoms with Crippen LogP contribution in [0.15, 0.2) is 29.4 Å². The molecule has 0 unspecified atom stereocenters. The Labute approximate surface area is 177 Å². The van der Waals surface area contributed by atoms with Crippen LogP contribution in [0.1, 0.15) is 63.6 Å². The maximum atomic E-state index is 3.56. The number of halogens is 2. The number of hydrogen-bond acceptors (Lipinski definition) is 0. The molecule has 1 aromatic rings. The average Bonchev–Trinajstić information content (AvgIpc) is 3.00. The Bertz CT molecular complexity index is 736. The molecular weight excluding hydrogens is 416 g/mol. The van der Waals surface area contributed by atoms with Crippen molar-refractivity contribution in [3.63, 3.8) is 0 Å². The molecule has 0 aliphatic heterocycles. The van der Waals surface area contributed by atoms with Crippen LogP contribution in [0.25, 0.3) is 17.2 Å². The van der Waals surface area contributed by atoms with E-state index in [1.165, 1.54) is 44.8 Å². The SMILES string of the molecule is CC(C)=C1C=Cc2[nH]c(C)c(C3=CC(C(C)(C)C)=CC3)c21.[Cl-].[Cl-].[Zr+2]. The van der Waals surface area contributed by atoms with Gasteiger partial charge in [-0.15, -0.1) is 0 Å². The average molecular weight is 442 g/mol. The zero-order chi connectivity index (χ0) is 15.4.